The number of rotatable bonds is 3. The smallest absolute Gasteiger partial charge is 0.151 e. The van der Waals surface area contributed by atoms with Gasteiger partial charge >= 0.3 is 0 Å². The van der Waals surface area contributed by atoms with Crippen molar-refractivity contribution < 1.29 is 4.74 Å². The summed E-state index contributed by atoms with van der Waals surface area (Å²) in [6.45, 7) is 4.65. The highest BCUT2D eigenvalue weighted by Crippen LogP contribution is 2.38. The maximum absolute atomic E-state index is 5.48. The van der Waals surface area contributed by atoms with Gasteiger partial charge in [-0.1, -0.05) is 37.4 Å². The Bertz CT molecular complexity index is 416. The molecule has 0 aromatic carbocycles. The van der Waals surface area contributed by atoms with E-state index in [0.29, 0.717) is 5.92 Å². The van der Waals surface area contributed by atoms with Crippen LogP contribution in [0.4, 0.5) is 0 Å². The molecule has 2 nitrogen and oxygen atoms in total. The first-order chi connectivity index (χ1) is 7.60. The molecule has 3 heteroatoms. The van der Waals surface area contributed by atoms with Gasteiger partial charge < -0.3 is 9.72 Å². The molecule has 2 aliphatic carbocycles. The maximum atomic E-state index is 5.48. The zero-order valence-corrected chi connectivity index (χ0v) is 11.4. The van der Waals surface area contributed by atoms with Crippen molar-refractivity contribution in [2.45, 2.75) is 13.1 Å². The van der Waals surface area contributed by atoms with Gasteiger partial charge in [0.25, 0.3) is 0 Å². The van der Waals surface area contributed by atoms with Crippen LogP contribution in [0.25, 0.3) is 0 Å². The Kier molecular flexibility index (Phi) is 2.91. The molecule has 0 aromatic rings. The van der Waals surface area contributed by atoms with Gasteiger partial charge in [0, 0.05) is 0 Å². The number of methoxy groups -OCH3 is 1. The lowest BCUT2D eigenvalue weighted by Gasteiger charge is -2.24. The second-order valence-electron chi connectivity index (χ2n) is 4.72. The van der Waals surface area contributed by atoms with Gasteiger partial charge in [-0.2, -0.15) is 0 Å². The molecule has 0 bridgehead atoms. The fourth-order valence-electron chi connectivity index (χ4n) is 2.22. The Morgan fingerprint density at radius 2 is 2.06 bits per heavy atom. The third-order valence-electron chi connectivity index (χ3n) is 3.46. The molecule has 2 rings (SSSR count). The lowest BCUT2D eigenvalue weighted by atomic mass is 9.97. The molecule has 0 saturated carbocycles. The highest BCUT2D eigenvalue weighted by molar-refractivity contribution is 6.82. The Hall–Kier alpha value is -1.06. The van der Waals surface area contributed by atoms with Crippen molar-refractivity contribution in [2.75, 3.05) is 14.2 Å². The van der Waals surface area contributed by atoms with Crippen LogP contribution in [-0.4, -0.2) is 22.4 Å². The van der Waals surface area contributed by atoms with Crippen molar-refractivity contribution in [3.05, 3.63) is 46.9 Å². The van der Waals surface area contributed by atoms with E-state index in [1.54, 1.807) is 7.11 Å². The summed E-state index contributed by atoms with van der Waals surface area (Å²) in [5.41, 5.74) is 1.41. The standard InChI is InChI=1S/C13H19NOSi/c1-14-16(3,4)13-9-12(15-2)10-7-5-6-8-11(10)13/h5-10,14H,1-4H3. The summed E-state index contributed by atoms with van der Waals surface area (Å²) in [7, 11) is 2.29. The molecule has 1 N–H and O–H groups in total. The Morgan fingerprint density at radius 3 is 2.69 bits per heavy atom. The first kappa shape index (κ1) is 11.4. The van der Waals surface area contributed by atoms with Crippen LogP contribution in [0.3, 0.4) is 0 Å². The molecule has 0 fully saturated rings. The van der Waals surface area contributed by atoms with E-state index in [9.17, 15) is 0 Å². The predicted molar refractivity (Wildman–Crippen MR) is 70.4 cm³/mol. The molecule has 0 saturated heterocycles. The van der Waals surface area contributed by atoms with Crippen molar-refractivity contribution in [2.24, 2.45) is 5.92 Å². The first-order valence-electron chi connectivity index (χ1n) is 5.64. The van der Waals surface area contributed by atoms with Gasteiger partial charge in [0.2, 0.25) is 0 Å². The normalized spacial score (nSPS) is 23.5. The topological polar surface area (TPSA) is 21.3 Å². The van der Waals surface area contributed by atoms with Gasteiger partial charge in [-0.05, 0) is 23.9 Å². The molecule has 0 aromatic heterocycles. The van der Waals surface area contributed by atoms with Crippen LogP contribution in [0.5, 0.6) is 0 Å². The van der Waals surface area contributed by atoms with Gasteiger partial charge in [-0.15, -0.1) is 0 Å². The van der Waals surface area contributed by atoms with Crippen LogP contribution in [0.15, 0.2) is 46.9 Å². The van der Waals surface area contributed by atoms with E-state index in [1.165, 1.54) is 10.8 Å². The highest BCUT2D eigenvalue weighted by Gasteiger charge is 2.34. The van der Waals surface area contributed by atoms with Crippen molar-refractivity contribution in [3.63, 3.8) is 0 Å². The molecule has 2 aliphatic rings. The van der Waals surface area contributed by atoms with E-state index in [1.807, 2.05) is 0 Å². The van der Waals surface area contributed by atoms with E-state index in [2.05, 4.69) is 55.5 Å². The van der Waals surface area contributed by atoms with Crippen LogP contribution in [0, 0.1) is 5.92 Å². The monoisotopic (exact) mass is 233 g/mol. The Morgan fingerprint density at radius 1 is 1.31 bits per heavy atom. The molecule has 0 spiro atoms. The summed E-state index contributed by atoms with van der Waals surface area (Å²) in [4.78, 5) is 3.48. The van der Waals surface area contributed by atoms with Crippen LogP contribution in [-0.2, 0) is 4.74 Å². The first-order valence-corrected chi connectivity index (χ1v) is 8.64. The third-order valence-corrected chi connectivity index (χ3v) is 6.49. The summed E-state index contributed by atoms with van der Waals surface area (Å²) in [6.07, 6.45) is 10.9. The van der Waals surface area contributed by atoms with Crippen molar-refractivity contribution in [1.82, 2.24) is 4.98 Å². The van der Waals surface area contributed by atoms with Gasteiger partial charge in [-0.25, -0.2) is 0 Å². The highest BCUT2D eigenvalue weighted by atomic mass is 28.3. The number of fused-ring (bicyclic) bond motifs is 1. The average Bonchev–Trinajstić information content (AvgIpc) is 2.68. The van der Waals surface area contributed by atoms with Crippen LogP contribution in [0.1, 0.15) is 0 Å². The number of hydrogen-bond donors (Lipinski definition) is 1. The minimum atomic E-state index is -1.52. The quantitative estimate of drug-likeness (QED) is 0.756. The lowest BCUT2D eigenvalue weighted by molar-refractivity contribution is 0.269. The second-order valence-corrected chi connectivity index (χ2v) is 9.01. The van der Waals surface area contributed by atoms with Crippen molar-refractivity contribution in [3.8, 4) is 0 Å². The number of hydrogen-bond acceptors (Lipinski definition) is 2. The molecule has 86 valence electrons. The molecule has 1 atom stereocenters. The lowest BCUT2D eigenvalue weighted by Crippen LogP contribution is -2.44. The third kappa shape index (κ3) is 1.70. The van der Waals surface area contributed by atoms with Gasteiger partial charge in [0.05, 0.1) is 13.0 Å². The Balaban J connectivity index is 2.46. The molecule has 0 radical (unpaired) electrons. The minimum absolute atomic E-state index is 0.338. The zero-order valence-electron chi connectivity index (χ0n) is 10.4. The van der Waals surface area contributed by atoms with Gasteiger partial charge in [-0.3, -0.25) is 0 Å². The SMILES string of the molecule is CN[Si](C)(C)C1=C2C=CC=CC2C(OC)=C1. The predicted octanol–water partition coefficient (Wildman–Crippen LogP) is 2.53. The van der Waals surface area contributed by atoms with E-state index < -0.39 is 8.24 Å². The summed E-state index contributed by atoms with van der Waals surface area (Å²) in [6, 6.07) is 0. The van der Waals surface area contributed by atoms with Crippen LogP contribution < -0.4 is 4.98 Å². The Labute approximate surface area is 98.5 Å². The zero-order chi connectivity index (χ0) is 11.8. The molecule has 16 heavy (non-hydrogen) atoms. The van der Waals surface area contributed by atoms with Crippen molar-refractivity contribution in [1.29, 1.82) is 0 Å². The molecule has 0 heterocycles. The summed E-state index contributed by atoms with van der Waals surface area (Å²) in [5.74, 6) is 1.41. The van der Waals surface area contributed by atoms with Gasteiger partial charge in [0.1, 0.15) is 5.76 Å². The minimum Gasteiger partial charge on any atom is -0.500 e. The van der Waals surface area contributed by atoms with Gasteiger partial charge in [0.15, 0.2) is 8.24 Å². The molecule has 0 amide bonds. The van der Waals surface area contributed by atoms with E-state index in [0.717, 1.165) is 5.76 Å². The molecular weight excluding hydrogens is 214 g/mol. The molecule has 1 unspecified atom stereocenters. The fourth-order valence-corrected chi connectivity index (χ4v) is 3.96. The molecular formula is C13H19NOSi. The van der Waals surface area contributed by atoms with Crippen molar-refractivity contribution >= 4 is 8.24 Å². The van der Waals surface area contributed by atoms with E-state index in [4.69, 9.17) is 4.74 Å². The summed E-state index contributed by atoms with van der Waals surface area (Å²) in [5, 5.41) is 1.46. The largest absolute Gasteiger partial charge is 0.500 e. The fraction of sp³-hybridized carbons (Fsp3) is 0.385. The summed E-state index contributed by atoms with van der Waals surface area (Å²) >= 11 is 0. The summed E-state index contributed by atoms with van der Waals surface area (Å²) < 4.78 is 5.48. The maximum Gasteiger partial charge on any atom is 0.151 e. The van der Waals surface area contributed by atoms with Crippen LogP contribution in [0.2, 0.25) is 13.1 Å². The average molecular weight is 233 g/mol. The number of allylic oxidation sites excluding steroid dienone is 6. The van der Waals surface area contributed by atoms with Crippen LogP contribution >= 0.6 is 0 Å². The number of nitrogens with one attached hydrogen (secondary N) is 1. The van der Waals surface area contributed by atoms with E-state index >= 15 is 0 Å². The number of ether oxygens (including phenoxy) is 1. The van der Waals surface area contributed by atoms with E-state index in [-0.39, 0.29) is 0 Å². The molecule has 0 aliphatic heterocycles. The second kappa shape index (κ2) is 4.07.